The first kappa shape index (κ1) is 16.4. The molecule has 0 radical (unpaired) electrons. The summed E-state index contributed by atoms with van der Waals surface area (Å²) in [6.07, 6.45) is 3.41. The van der Waals surface area contributed by atoms with Gasteiger partial charge in [0.25, 0.3) is 0 Å². The summed E-state index contributed by atoms with van der Waals surface area (Å²) in [4.78, 5) is 23.6. The molecule has 0 heterocycles. The lowest BCUT2D eigenvalue weighted by Crippen LogP contribution is -2.47. The molecule has 1 saturated carbocycles. The number of aliphatic hydroxyl groups is 1. The SMILES string of the molecule is O=C(Nc1ccc(F)c(F)c1)C(=O)NC1CCCCC1CO. The Morgan fingerprint density at radius 3 is 2.55 bits per heavy atom. The molecule has 0 saturated heterocycles. The van der Waals surface area contributed by atoms with Crippen LogP contribution in [-0.4, -0.2) is 29.6 Å². The maximum absolute atomic E-state index is 13.0. The van der Waals surface area contributed by atoms with E-state index in [4.69, 9.17) is 0 Å². The topological polar surface area (TPSA) is 78.4 Å². The fourth-order valence-corrected chi connectivity index (χ4v) is 2.61. The molecule has 1 aromatic rings. The third-order valence-electron chi connectivity index (χ3n) is 3.84. The molecular formula is C15H18F2N2O3. The van der Waals surface area contributed by atoms with Gasteiger partial charge in [0, 0.05) is 30.3 Å². The van der Waals surface area contributed by atoms with Crippen molar-refractivity contribution in [3.8, 4) is 0 Å². The zero-order valence-corrected chi connectivity index (χ0v) is 11.9. The van der Waals surface area contributed by atoms with Crippen LogP contribution in [0.1, 0.15) is 25.7 Å². The summed E-state index contributed by atoms with van der Waals surface area (Å²) < 4.78 is 25.8. The summed E-state index contributed by atoms with van der Waals surface area (Å²) in [5.41, 5.74) is 0.00130. The first-order chi connectivity index (χ1) is 10.5. The second-order valence-electron chi connectivity index (χ2n) is 5.39. The minimum atomic E-state index is -1.11. The van der Waals surface area contributed by atoms with Gasteiger partial charge in [-0.2, -0.15) is 0 Å². The van der Waals surface area contributed by atoms with E-state index in [0.29, 0.717) is 6.42 Å². The maximum atomic E-state index is 13.0. The molecule has 2 unspecified atom stereocenters. The zero-order valence-electron chi connectivity index (χ0n) is 11.9. The summed E-state index contributed by atoms with van der Waals surface area (Å²) in [7, 11) is 0. The van der Waals surface area contributed by atoms with Crippen molar-refractivity contribution in [1.29, 1.82) is 0 Å². The number of hydrogen-bond acceptors (Lipinski definition) is 3. The Balaban J connectivity index is 1.94. The predicted octanol–water partition coefficient (Wildman–Crippen LogP) is 1.57. The van der Waals surface area contributed by atoms with E-state index in [-0.39, 0.29) is 24.3 Å². The Hall–Kier alpha value is -2.02. The molecule has 7 heteroatoms. The van der Waals surface area contributed by atoms with Gasteiger partial charge in [0.05, 0.1) is 0 Å². The third kappa shape index (κ3) is 4.00. The average Bonchev–Trinajstić information content (AvgIpc) is 2.51. The lowest BCUT2D eigenvalue weighted by Gasteiger charge is -2.30. The van der Waals surface area contributed by atoms with E-state index in [2.05, 4.69) is 10.6 Å². The van der Waals surface area contributed by atoms with Crippen LogP contribution in [-0.2, 0) is 9.59 Å². The first-order valence-electron chi connectivity index (χ1n) is 7.19. The van der Waals surface area contributed by atoms with Crippen LogP contribution < -0.4 is 10.6 Å². The van der Waals surface area contributed by atoms with Gasteiger partial charge in [-0.15, -0.1) is 0 Å². The standard InChI is InChI=1S/C15H18F2N2O3/c16-11-6-5-10(7-12(11)17)18-14(21)15(22)19-13-4-2-1-3-9(13)8-20/h5-7,9,13,20H,1-4,8H2,(H,18,21)(H,19,22). The van der Waals surface area contributed by atoms with E-state index in [1.165, 1.54) is 6.07 Å². The lowest BCUT2D eigenvalue weighted by atomic mass is 9.85. The van der Waals surface area contributed by atoms with Crippen LogP contribution in [0, 0.1) is 17.6 Å². The van der Waals surface area contributed by atoms with Crippen molar-refractivity contribution in [3.63, 3.8) is 0 Å². The lowest BCUT2D eigenvalue weighted by molar-refractivity contribution is -0.137. The van der Waals surface area contributed by atoms with Crippen LogP contribution in [0.3, 0.4) is 0 Å². The number of halogens is 2. The number of rotatable bonds is 3. The highest BCUT2D eigenvalue weighted by Gasteiger charge is 2.27. The molecule has 0 bridgehead atoms. The van der Waals surface area contributed by atoms with E-state index in [1.54, 1.807) is 0 Å². The summed E-state index contributed by atoms with van der Waals surface area (Å²) in [5.74, 6) is -4.00. The molecule has 0 spiro atoms. The van der Waals surface area contributed by atoms with Gasteiger partial charge >= 0.3 is 11.8 Å². The molecular weight excluding hydrogens is 294 g/mol. The van der Waals surface area contributed by atoms with Crippen molar-refractivity contribution in [1.82, 2.24) is 5.32 Å². The minimum Gasteiger partial charge on any atom is -0.396 e. The van der Waals surface area contributed by atoms with Crippen molar-refractivity contribution < 1.29 is 23.5 Å². The Morgan fingerprint density at radius 1 is 1.14 bits per heavy atom. The van der Waals surface area contributed by atoms with E-state index in [1.807, 2.05) is 0 Å². The highest BCUT2D eigenvalue weighted by molar-refractivity contribution is 6.39. The highest BCUT2D eigenvalue weighted by Crippen LogP contribution is 2.23. The van der Waals surface area contributed by atoms with Crippen LogP contribution >= 0.6 is 0 Å². The van der Waals surface area contributed by atoms with Crippen molar-refractivity contribution in [2.24, 2.45) is 5.92 Å². The number of amides is 2. The molecule has 2 rings (SSSR count). The molecule has 1 aliphatic rings. The predicted molar refractivity (Wildman–Crippen MR) is 76.0 cm³/mol. The number of carbonyl (C=O) groups excluding carboxylic acids is 2. The van der Waals surface area contributed by atoms with Gasteiger partial charge in [-0.1, -0.05) is 12.8 Å². The molecule has 120 valence electrons. The number of aliphatic hydroxyl groups excluding tert-OH is 1. The summed E-state index contributed by atoms with van der Waals surface area (Å²) in [6.45, 7) is -0.0459. The fourth-order valence-electron chi connectivity index (χ4n) is 2.61. The van der Waals surface area contributed by atoms with Gasteiger partial charge in [-0.3, -0.25) is 9.59 Å². The summed E-state index contributed by atoms with van der Waals surface area (Å²) >= 11 is 0. The molecule has 1 fully saturated rings. The normalized spacial score (nSPS) is 21.2. The minimum absolute atomic E-state index is 0.00130. The van der Waals surface area contributed by atoms with E-state index >= 15 is 0 Å². The Kier molecular flexibility index (Phi) is 5.43. The van der Waals surface area contributed by atoms with E-state index in [9.17, 15) is 23.5 Å². The number of nitrogens with one attached hydrogen (secondary N) is 2. The van der Waals surface area contributed by atoms with Crippen molar-refractivity contribution >= 4 is 17.5 Å². The molecule has 2 atom stereocenters. The van der Waals surface area contributed by atoms with Gasteiger partial charge in [0.1, 0.15) is 0 Å². The smallest absolute Gasteiger partial charge is 0.313 e. The van der Waals surface area contributed by atoms with Crippen LogP contribution in [0.4, 0.5) is 14.5 Å². The molecule has 0 aliphatic heterocycles. The molecule has 1 aromatic carbocycles. The molecule has 5 nitrogen and oxygen atoms in total. The van der Waals surface area contributed by atoms with Gasteiger partial charge in [-0.25, -0.2) is 8.78 Å². The molecule has 0 aromatic heterocycles. The molecule has 1 aliphatic carbocycles. The van der Waals surface area contributed by atoms with E-state index < -0.39 is 23.4 Å². The number of benzene rings is 1. The summed E-state index contributed by atoms with van der Waals surface area (Å²) in [5, 5.41) is 14.1. The number of hydrogen-bond donors (Lipinski definition) is 3. The van der Waals surface area contributed by atoms with Crippen molar-refractivity contribution in [3.05, 3.63) is 29.8 Å². The quantitative estimate of drug-likeness (QED) is 0.741. The first-order valence-corrected chi connectivity index (χ1v) is 7.19. The highest BCUT2D eigenvalue weighted by atomic mass is 19.2. The average molecular weight is 312 g/mol. The van der Waals surface area contributed by atoms with Gasteiger partial charge in [-0.05, 0) is 25.0 Å². The van der Waals surface area contributed by atoms with Crippen LogP contribution in [0.15, 0.2) is 18.2 Å². The Morgan fingerprint density at radius 2 is 1.86 bits per heavy atom. The molecule has 3 N–H and O–H groups in total. The van der Waals surface area contributed by atoms with Gasteiger partial charge in [0.15, 0.2) is 11.6 Å². The number of carbonyl (C=O) groups is 2. The summed E-state index contributed by atoms with van der Waals surface area (Å²) in [6, 6.07) is 2.59. The van der Waals surface area contributed by atoms with Crippen LogP contribution in [0.25, 0.3) is 0 Å². The van der Waals surface area contributed by atoms with Gasteiger partial charge in [0.2, 0.25) is 0 Å². The Bertz CT molecular complexity index is 566. The fraction of sp³-hybridized carbons (Fsp3) is 0.467. The molecule has 22 heavy (non-hydrogen) atoms. The van der Waals surface area contributed by atoms with Crippen LogP contribution in [0.5, 0.6) is 0 Å². The second kappa shape index (κ2) is 7.31. The Labute approximate surface area is 126 Å². The zero-order chi connectivity index (χ0) is 16.1. The van der Waals surface area contributed by atoms with E-state index in [0.717, 1.165) is 31.4 Å². The van der Waals surface area contributed by atoms with Crippen molar-refractivity contribution in [2.75, 3.05) is 11.9 Å². The van der Waals surface area contributed by atoms with Crippen molar-refractivity contribution in [2.45, 2.75) is 31.7 Å². The monoisotopic (exact) mass is 312 g/mol. The van der Waals surface area contributed by atoms with Gasteiger partial charge < -0.3 is 15.7 Å². The second-order valence-corrected chi connectivity index (χ2v) is 5.39. The maximum Gasteiger partial charge on any atom is 0.313 e. The molecule has 2 amide bonds. The largest absolute Gasteiger partial charge is 0.396 e. The third-order valence-corrected chi connectivity index (χ3v) is 3.84. The number of anilines is 1. The van der Waals surface area contributed by atoms with Crippen LogP contribution in [0.2, 0.25) is 0 Å².